The molecule has 0 aliphatic heterocycles. The van der Waals surface area contributed by atoms with Gasteiger partial charge in [0.15, 0.2) is 5.82 Å². The number of aromatic carboxylic acids is 1. The normalized spacial score (nSPS) is 10.8. The summed E-state index contributed by atoms with van der Waals surface area (Å²) in [6.07, 6.45) is 0. The highest BCUT2D eigenvalue weighted by atomic mass is 19.1. The fraction of sp³-hybridized carbons (Fsp3) is 0.0455. The Bertz CT molecular complexity index is 1270. The van der Waals surface area contributed by atoms with Gasteiger partial charge in [0.1, 0.15) is 5.82 Å². The van der Waals surface area contributed by atoms with Gasteiger partial charge in [0, 0.05) is 0 Å². The van der Waals surface area contributed by atoms with Crippen molar-refractivity contribution >= 4 is 16.9 Å². The van der Waals surface area contributed by atoms with Crippen LogP contribution in [0.1, 0.15) is 15.9 Å². The lowest BCUT2D eigenvalue weighted by molar-refractivity contribution is 0.0697. The van der Waals surface area contributed by atoms with Gasteiger partial charge in [-0.3, -0.25) is 4.79 Å². The van der Waals surface area contributed by atoms with Crippen LogP contribution in [0.2, 0.25) is 0 Å². The van der Waals surface area contributed by atoms with Crippen molar-refractivity contribution in [1.29, 1.82) is 0 Å². The fourth-order valence-corrected chi connectivity index (χ4v) is 3.04. The van der Waals surface area contributed by atoms with Crippen LogP contribution >= 0.6 is 0 Å². The van der Waals surface area contributed by atoms with Crippen molar-refractivity contribution in [1.82, 2.24) is 9.66 Å². The number of hydrogen-bond acceptors (Lipinski definition) is 4. The zero-order chi connectivity index (χ0) is 20.4. The quantitative estimate of drug-likeness (QED) is 0.544. The number of carboxylic acids is 1. The average Bonchev–Trinajstić information content (AvgIpc) is 2.74. The standard InChI is InChI=1S/C22H16FN3O3/c23-18-7-3-1-5-16(18)20-25-19-8-4-2-6-17(19)21(27)26(20)24-13-14-9-11-15(12-10-14)22(28)29/h1-12,24H,13H2,(H,28,29). The molecule has 0 amide bonds. The Morgan fingerprint density at radius 2 is 1.69 bits per heavy atom. The van der Waals surface area contributed by atoms with E-state index in [9.17, 15) is 14.0 Å². The third-order valence-corrected chi connectivity index (χ3v) is 4.53. The summed E-state index contributed by atoms with van der Waals surface area (Å²) < 4.78 is 15.7. The van der Waals surface area contributed by atoms with E-state index in [0.717, 1.165) is 5.56 Å². The van der Waals surface area contributed by atoms with Gasteiger partial charge in [-0.05, 0) is 42.0 Å². The van der Waals surface area contributed by atoms with Gasteiger partial charge < -0.3 is 10.5 Å². The Balaban J connectivity index is 1.78. The number of carbonyl (C=O) groups is 1. The van der Waals surface area contributed by atoms with Gasteiger partial charge in [0.05, 0.1) is 28.6 Å². The van der Waals surface area contributed by atoms with E-state index in [1.54, 1.807) is 54.6 Å². The van der Waals surface area contributed by atoms with Crippen molar-refractivity contribution in [2.75, 3.05) is 5.43 Å². The highest BCUT2D eigenvalue weighted by Crippen LogP contribution is 2.21. The van der Waals surface area contributed by atoms with Crippen LogP contribution in [0.25, 0.3) is 22.3 Å². The summed E-state index contributed by atoms with van der Waals surface area (Å²) in [6, 6.07) is 19.3. The Morgan fingerprint density at radius 3 is 2.41 bits per heavy atom. The molecule has 0 unspecified atom stereocenters. The topological polar surface area (TPSA) is 84.2 Å². The molecule has 0 saturated heterocycles. The van der Waals surface area contributed by atoms with Crippen LogP contribution in [0.5, 0.6) is 0 Å². The minimum absolute atomic E-state index is 0.161. The van der Waals surface area contributed by atoms with Gasteiger partial charge in [-0.15, -0.1) is 0 Å². The molecule has 144 valence electrons. The Morgan fingerprint density at radius 1 is 1.00 bits per heavy atom. The van der Waals surface area contributed by atoms with Crippen LogP contribution in [0.4, 0.5) is 4.39 Å². The van der Waals surface area contributed by atoms with E-state index < -0.39 is 11.8 Å². The molecule has 1 aromatic heterocycles. The number of nitrogens with one attached hydrogen (secondary N) is 1. The molecule has 4 aromatic rings. The summed E-state index contributed by atoms with van der Waals surface area (Å²) in [4.78, 5) is 28.5. The second-order valence-corrected chi connectivity index (χ2v) is 6.41. The van der Waals surface area contributed by atoms with Crippen molar-refractivity contribution in [2.24, 2.45) is 0 Å². The van der Waals surface area contributed by atoms with Crippen molar-refractivity contribution in [2.45, 2.75) is 6.54 Å². The SMILES string of the molecule is O=C(O)c1ccc(CNn2c(-c3ccccc3F)nc3ccccc3c2=O)cc1. The maximum Gasteiger partial charge on any atom is 0.335 e. The molecule has 6 nitrogen and oxygen atoms in total. The summed E-state index contributed by atoms with van der Waals surface area (Å²) in [5.74, 6) is -1.34. The number of para-hydroxylation sites is 1. The van der Waals surface area contributed by atoms with Gasteiger partial charge in [0.25, 0.3) is 5.56 Å². The van der Waals surface area contributed by atoms with E-state index in [0.29, 0.717) is 10.9 Å². The second-order valence-electron chi connectivity index (χ2n) is 6.41. The van der Waals surface area contributed by atoms with Gasteiger partial charge in [-0.1, -0.05) is 36.4 Å². The first-order valence-corrected chi connectivity index (χ1v) is 8.87. The number of rotatable bonds is 5. The number of halogens is 1. The number of aromatic nitrogens is 2. The van der Waals surface area contributed by atoms with Gasteiger partial charge in [0.2, 0.25) is 0 Å². The Labute approximate surface area is 164 Å². The molecule has 0 spiro atoms. The van der Waals surface area contributed by atoms with E-state index in [1.165, 1.54) is 22.9 Å². The summed E-state index contributed by atoms with van der Waals surface area (Å²) in [5, 5.41) is 9.41. The second kappa shape index (κ2) is 7.55. The smallest absolute Gasteiger partial charge is 0.335 e. The molecule has 0 aliphatic carbocycles. The molecular formula is C22H16FN3O3. The lowest BCUT2D eigenvalue weighted by atomic mass is 10.1. The van der Waals surface area contributed by atoms with Crippen molar-refractivity contribution in [3.63, 3.8) is 0 Å². The lowest BCUT2D eigenvalue weighted by Crippen LogP contribution is -2.31. The van der Waals surface area contributed by atoms with E-state index in [-0.39, 0.29) is 29.1 Å². The summed E-state index contributed by atoms with van der Waals surface area (Å²) in [6.45, 7) is 0.223. The molecule has 4 rings (SSSR count). The highest BCUT2D eigenvalue weighted by Gasteiger charge is 2.15. The zero-order valence-corrected chi connectivity index (χ0v) is 15.2. The van der Waals surface area contributed by atoms with Crippen molar-refractivity contribution in [3.05, 3.63) is 100 Å². The number of fused-ring (bicyclic) bond motifs is 1. The minimum Gasteiger partial charge on any atom is -0.478 e. The van der Waals surface area contributed by atoms with Crippen molar-refractivity contribution < 1.29 is 14.3 Å². The van der Waals surface area contributed by atoms with Crippen LogP contribution in [0, 0.1) is 5.82 Å². The van der Waals surface area contributed by atoms with E-state index in [4.69, 9.17) is 5.11 Å². The first-order chi connectivity index (χ1) is 14.0. The lowest BCUT2D eigenvalue weighted by Gasteiger charge is -2.16. The summed E-state index contributed by atoms with van der Waals surface area (Å²) in [7, 11) is 0. The van der Waals surface area contributed by atoms with Crippen LogP contribution in [-0.4, -0.2) is 20.7 Å². The van der Waals surface area contributed by atoms with Crippen molar-refractivity contribution in [3.8, 4) is 11.4 Å². The zero-order valence-electron chi connectivity index (χ0n) is 15.2. The first-order valence-electron chi connectivity index (χ1n) is 8.87. The number of carboxylic acid groups (broad SMARTS) is 1. The highest BCUT2D eigenvalue weighted by molar-refractivity contribution is 5.87. The van der Waals surface area contributed by atoms with Crippen LogP contribution in [-0.2, 0) is 6.54 Å². The molecular weight excluding hydrogens is 373 g/mol. The van der Waals surface area contributed by atoms with E-state index in [2.05, 4.69) is 10.4 Å². The third-order valence-electron chi connectivity index (χ3n) is 4.53. The molecule has 0 aliphatic rings. The molecule has 1 heterocycles. The maximum absolute atomic E-state index is 14.4. The van der Waals surface area contributed by atoms with Crippen LogP contribution < -0.4 is 11.0 Å². The molecule has 0 atom stereocenters. The molecule has 0 bridgehead atoms. The third kappa shape index (κ3) is 3.58. The number of benzene rings is 3. The largest absolute Gasteiger partial charge is 0.478 e. The summed E-state index contributed by atoms with van der Waals surface area (Å²) >= 11 is 0. The van der Waals surface area contributed by atoms with Crippen LogP contribution in [0.15, 0.2) is 77.6 Å². The molecule has 29 heavy (non-hydrogen) atoms. The van der Waals surface area contributed by atoms with Gasteiger partial charge in [-0.2, -0.15) is 0 Å². The minimum atomic E-state index is -1.01. The fourth-order valence-electron chi connectivity index (χ4n) is 3.04. The molecule has 0 fully saturated rings. The molecule has 7 heteroatoms. The summed E-state index contributed by atoms with van der Waals surface area (Å²) in [5.41, 5.74) is 4.24. The molecule has 0 radical (unpaired) electrons. The maximum atomic E-state index is 14.4. The van der Waals surface area contributed by atoms with Gasteiger partial charge >= 0.3 is 5.97 Å². The van der Waals surface area contributed by atoms with Gasteiger partial charge in [-0.25, -0.2) is 18.8 Å². The molecule has 2 N–H and O–H groups in total. The van der Waals surface area contributed by atoms with E-state index in [1.807, 2.05) is 0 Å². The van der Waals surface area contributed by atoms with E-state index >= 15 is 0 Å². The predicted molar refractivity (Wildman–Crippen MR) is 108 cm³/mol. The average molecular weight is 389 g/mol. The van der Waals surface area contributed by atoms with Crippen LogP contribution in [0.3, 0.4) is 0 Å². The number of nitrogens with zero attached hydrogens (tertiary/aromatic N) is 2. The Kier molecular flexibility index (Phi) is 4.78. The molecule has 3 aromatic carbocycles. The predicted octanol–water partition coefficient (Wildman–Crippen LogP) is 3.64. The number of hydrogen-bond donors (Lipinski definition) is 2. The monoisotopic (exact) mass is 389 g/mol. The Hall–Kier alpha value is -4.00. The molecule has 0 saturated carbocycles. The first kappa shape index (κ1) is 18.4.